The predicted molar refractivity (Wildman–Crippen MR) is 61.0 cm³/mol. The number of hydrogen-bond acceptors (Lipinski definition) is 4. The van der Waals surface area contributed by atoms with Crippen LogP contribution in [-0.2, 0) is 19.1 Å². The van der Waals surface area contributed by atoms with E-state index in [1.165, 1.54) is 32.8 Å². The molecule has 0 aromatic carbocycles. The standard InChI is InChI=1S/C12H22O4/c1-3-4-5-6-7-8-9-16-12(14)10-11(13)15-2/h3-10H2,1-2H3. The van der Waals surface area contributed by atoms with Crippen LogP contribution in [0.4, 0.5) is 0 Å². The first-order chi connectivity index (χ1) is 7.70. The Hall–Kier alpha value is -1.06. The lowest BCUT2D eigenvalue weighted by molar-refractivity contribution is -0.153. The van der Waals surface area contributed by atoms with E-state index in [0.29, 0.717) is 6.61 Å². The third kappa shape index (κ3) is 9.49. The van der Waals surface area contributed by atoms with Crippen molar-refractivity contribution < 1.29 is 19.1 Å². The Morgan fingerprint density at radius 1 is 0.938 bits per heavy atom. The average molecular weight is 230 g/mol. The summed E-state index contributed by atoms with van der Waals surface area (Å²) in [7, 11) is 1.25. The van der Waals surface area contributed by atoms with E-state index in [0.717, 1.165) is 12.8 Å². The van der Waals surface area contributed by atoms with Crippen molar-refractivity contribution in [3.8, 4) is 0 Å². The van der Waals surface area contributed by atoms with Crippen molar-refractivity contribution in [1.82, 2.24) is 0 Å². The molecule has 0 rings (SSSR count). The summed E-state index contributed by atoms with van der Waals surface area (Å²) in [5.74, 6) is -1.05. The first kappa shape index (κ1) is 14.9. The number of ether oxygens (including phenoxy) is 2. The topological polar surface area (TPSA) is 52.6 Å². The van der Waals surface area contributed by atoms with Crippen LogP contribution in [0, 0.1) is 0 Å². The molecule has 16 heavy (non-hydrogen) atoms. The summed E-state index contributed by atoms with van der Waals surface area (Å²) in [6.07, 6.45) is 6.58. The van der Waals surface area contributed by atoms with Crippen LogP contribution in [0.5, 0.6) is 0 Å². The molecule has 0 aliphatic carbocycles. The van der Waals surface area contributed by atoms with E-state index in [-0.39, 0.29) is 6.42 Å². The zero-order chi connectivity index (χ0) is 12.2. The molecular formula is C12H22O4. The molecule has 0 bridgehead atoms. The highest BCUT2D eigenvalue weighted by molar-refractivity contribution is 5.91. The summed E-state index contributed by atoms with van der Waals surface area (Å²) < 4.78 is 9.23. The third-order valence-electron chi connectivity index (χ3n) is 2.28. The van der Waals surface area contributed by atoms with Crippen molar-refractivity contribution in [1.29, 1.82) is 0 Å². The van der Waals surface area contributed by atoms with Gasteiger partial charge in [-0.1, -0.05) is 39.0 Å². The molecule has 0 aromatic rings. The second-order valence-electron chi connectivity index (χ2n) is 3.74. The molecule has 0 atom stereocenters. The Kier molecular flexibility index (Phi) is 9.76. The fourth-order valence-electron chi connectivity index (χ4n) is 1.31. The summed E-state index contributed by atoms with van der Waals surface area (Å²) in [6.45, 7) is 2.58. The number of hydrogen-bond donors (Lipinski definition) is 0. The smallest absolute Gasteiger partial charge is 0.317 e. The van der Waals surface area contributed by atoms with Gasteiger partial charge in [-0.25, -0.2) is 0 Å². The van der Waals surface area contributed by atoms with E-state index in [1.54, 1.807) is 0 Å². The van der Waals surface area contributed by atoms with Crippen LogP contribution in [0.3, 0.4) is 0 Å². The first-order valence-corrected chi connectivity index (χ1v) is 5.93. The molecule has 0 spiro atoms. The summed E-state index contributed by atoms with van der Waals surface area (Å²) in [4.78, 5) is 21.7. The molecule has 0 aliphatic rings. The lowest BCUT2D eigenvalue weighted by Crippen LogP contribution is -2.12. The number of rotatable bonds is 9. The largest absolute Gasteiger partial charge is 0.469 e. The lowest BCUT2D eigenvalue weighted by Gasteiger charge is -2.03. The Morgan fingerprint density at radius 2 is 1.56 bits per heavy atom. The molecule has 0 heterocycles. The summed E-state index contributed by atoms with van der Waals surface area (Å²) in [5.41, 5.74) is 0. The van der Waals surface area contributed by atoms with Crippen molar-refractivity contribution in [3.63, 3.8) is 0 Å². The van der Waals surface area contributed by atoms with Gasteiger partial charge in [-0.05, 0) is 6.42 Å². The summed E-state index contributed by atoms with van der Waals surface area (Å²) >= 11 is 0. The van der Waals surface area contributed by atoms with Crippen molar-refractivity contribution in [2.45, 2.75) is 51.9 Å². The van der Waals surface area contributed by atoms with Gasteiger partial charge >= 0.3 is 11.9 Å². The first-order valence-electron chi connectivity index (χ1n) is 5.93. The number of esters is 2. The molecule has 0 fully saturated rings. The van der Waals surface area contributed by atoms with Crippen LogP contribution in [0.25, 0.3) is 0 Å². The van der Waals surface area contributed by atoms with Crippen molar-refractivity contribution in [3.05, 3.63) is 0 Å². The van der Waals surface area contributed by atoms with Crippen LogP contribution in [0.1, 0.15) is 51.9 Å². The van der Waals surface area contributed by atoms with Gasteiger partial charge in [0.1, 0.15) is 6.42 Å². The molecule has 0 amide bonds. The van der Waals surface area contributed by atoms with Crippen molar-refractivity contribution in [2.75, 3.05) is 13.7 Å². The molecule has 0 unspecified atom stereocenters. The molecule has 4 heteroatoms. The SMILES string of the molecule is CCCCCCCCOC(=O)CC(=O)OC. The van der Waals surface area contributed by atoms with Crippen molar-refractivity contribution >= 4 is 11.9 Å². The molecule has 0 radical (unpaired) electrons. The van der Waals surface area contributed by atoms with Crippen molar-refractivity contribution in [2.24, 2.45) is 0 Å². The molecule has 0 aromatic heterocycles. The maximum absolute atomic E-state index is 11.0. The minimum absolute atomic E-state index is 0.285. The highest BCUT2D eigenvalue weighted by atomic mass is 16.5. The van der Waals surface area contributed by atoms with Gasteiger partial charge in [0.25, 0.3) is 0 Å². The molecular weight excluding hydrogens is 208 g/mol. The Balaban J connectivity index is 3.24. The summed E-state index contributed by atoms with van der Waals surface area (Å²) in [5, 5.41) is 0. The lowest BCUT2D eigenvalue weighted by atomic mass is 10.1. The Labute approximate surface area is 97.3 Å². The monoisotopic (exact) mass is 230 g/mol. The maximum Gasteiger partial charge on any atom is 0.317 e. The van der Waals surface area contributed by atoms with Gasteiger partial charge in [-0.15, -0.1) is 0 Å². The quantitative estimate of drug-likeness (QED) is 0.347. The van der Waals surface area contributed by atoms with Gasteiger partial charge in [0.2, 0.25) is 0 Å². The minimum atomic E-state index is -0.548. The second kappa shape index (κ2) is 10.5. The van der Waals surface area contributed by atoms with Crippen LogP contribution in [-0.4, -0.2) is 25.7 Å². The van der Waals surface area contributed by atoms with E-state index < -0.39 is 11.9 Å². The number of carbonyl (C=O) groups is 2. The Bertz CT molecular complexity index is 201. The van der Waals surface area contributed by atoms with Gasteiger partial charge in [-0.2, -0.15) is 0 Å². The molecule has 94 valence electrons. The van der Waals surface area contributed by atoms with E-state index in [2.05, 4.69) is 11.7 Å². The fourth-order valence-corrected chi connectivity index (χ4v) is 1.31. The normalized spacial score (nSPS) is 9.88. The zero-order valence-corrected chi connectivity index (χ0v) is 10.3. The van der Waals surface area contributed by atoms with E-state index in [4.69, 9.17) is 4.74 Å². The van der Waals surface area contributed by atoms with Crippen LogP contribution < -0.4 is 0 Å². The molecule has 4 nitrogen and oxygen atoms in total. The molecule has 0 aliphatic heterocycles. The minimum Gasteiger partial charge on any atom is -0.469 e. The zero-order valence-electron chi connectivity index (χ0n) is 10.3. The summed E-state index contributed by atoms with van der Waals surface area (Å²) in [6, 6.07) is 0. The maximum atomic E-state index is 11.0. The fraction of sp³-hybridized carbons (Fsp3) is 0.833. The number of carbonyl (C=O) groups excluding carboxylic acids is 2. The number of methoxy groups -OCH3 is 1. The molecule has 0 saturated heterocycles. The number of unbranched alkanes of at least 4 members (excludes halogenated alkanes) is 5. The van der Waals surface area contributed by atoms with Gasteiger partial charge in [0, 0.05) is 0 Å². The van der Waals surface area contributed by atoms with E-state index in [9.17, 15) is 9.59 Å². The highest BCUT2D eigenvalue weighted by Crippen LogP contribution is 2.05. The molecule has 0 saturated carbocycles. The van der Waals surface area contributed by atoms with Gasteiger partial charge < -0.3 is 9.47 Å². The molecule has 0 N–H and O–H groups in total. The average Bonchev–Trinajstić information content (AvgIpc) is 2.27. The van der Waals surface area contributed by atoms with Crippen LogP contribution in [0.15, 0.2) is 0 Å². The van der Waals surface area contributed by atoms with Gasteiger partial charge in [0.05, 0.1) is 13.7 Å². The van der Waals surface area contributed by atoms with E-state index >= 15 is 0 Å². The predicted octanol–water partition coefficient (Wildman–Crippen LogP) is 2.45. The third-order valence-corrected chi connectivity index (χ3v) is 2.28. The van der Waals surface area contributed by atoms with Crippen LogP contribution in [0.2, 0.25) is 0 Å². The van der Waals surface area contributed by atoms with Gasteiger partial charge in [-0.3, -0.25) is 9.59 Å². The Morgan fingerprint density at radius 3 is 2.19 bits per heavy atom. The highest BCUT2D eigenvalue weighted by Gasteiger charge is 2.09. The second-order valence-corrected chi connectivity index (χ2v) is 3.74. The van der Waals surface area contributed by atoms with E-state index in [1.807, 2.05) is 0 Å². The van der Waals surface area contributed by atoms with Gasteiger partial charge in [0.15, 0.2) is 0 Å². The van der Waals surface area contributed by atoms with Crippen LogP contribution >= 0.6 is 0 Å².